The Labute approximate surface area is 147 Å². The first-order chi connectivity index (χ1) is 11.5. The fourth-order valence-corrected chi connectivity index (χ4v) is 3.21. The van der Waals surface area contributed by atoms with E-state index < -0.39 is 0 Å². The number of rotatable bonds is 6. The number of methoxy groups -OCH3 is 1. The third-order valence-electron chi connectivity index (χ3n) is 4.24. The summed E-state index contributed by atoms with van der Waals surface area (Å²) in [6, 6.07) is 5.54. The number of hydrogen-bond acceptors (Lipinski definition) is 4. The maximum absolute atomic E-state index is 12.4. The third kappa shape index (κ3) is 4.87. The monoisotopic (exact) mass is 353 g/mol. The third-order valence-corrected chi connectivity index (χ3v) is 4.53. The summed E-state index contributed by atoms with van der Waals surface area (Å²) in [5, 5.41) is 0.544. The molecule has 0 saturated carbocycles. The Morgan fingerprint density at radius 3 is 2.83 bits per heavy atom. The standard InChI is InChI=1S/C18H24ClNO4/c1-3-24-18(22)14-5-4-10-20(12-14)17(21)9-7-13-6-8-16(23-2)15(19)11-13/h6,8,11,14H,3-5,7,9-10,12H2,1-2H3. The van der Waals surface area contributed by atoms with Gasteiger partial charge in [-0.25, -0.2) is 0 Å². The smallest absolute Gasteiger partial charge is 0.310 e. The van der Waals surface area contributed by atoms with Crippen molar-refractivity contribution in [1.29, 1.82) is 0 Å². The average molecular weight is 354 g/mol. The Hall–Kier alpha value is -1.75. The molecule has 0 spiro atoms. The second kappa shape index (κ2) is 8.92. The molecule has 1 aliphatic heterocycles. The molecule has 6 heteroatoms. The summed E-state index contributed by atoms with van der Waals surface area (Å²) in [4.78, 5) is 26.1. The molecule has 132 valence electrons. The van der Waals surface area contributed by atoms with Crippen LogP contribution in [0, 0.1) is 5.92 Å². The van der Waals surface area contributed by atoms with E-state index in [4.69, 9.17) is 21.1 Å². The van der Waals surface area contributed by atoms with Crippen molar-refractivity contribution in [2.75, 3.05) is 26.8 Å². The Morgan fingerprint density at radius 1 is 1.38 bits per heavy atom. The molecule has 1 aromatic carbocycles. The molecule has 1 unspecified atom stereocenters. The van der Waals surface area contributed by atoms with Crippen molar-refractivity contribution < 1.29 is 19.1 Å². The molecule has 0 bridgehead atoms. The Balaban J connectivity index is 1.87. The summed E-state index contributed by atoms with van der Waals surface area (Å²) in [5.74, 6) is 0.297. The molecule has 0 aromatic heterocycles. The van der Waals surface area contributed by atoms with Gasteiger partial charge in [-0.15, -0.1) is 0 Å². The molecule has 2 rings (SSSR count). The summed E-state index contributed by atoms with van der Waals surface area (Å²) >= 11 is 6.11. The van der Waals surface area contributed by atoms with E-state index in [9.17, 15) is 9.59 Å². The van der Waals surface area contributed by atoms with Crippen molar-refractivity contribution in [3.63, 3.8) is 0 Å². The van der Waals surface area contributed by atoms with E-state index in [1.807, 2.05) is 12.1 Å². The number of aryl methyl sites for hydroxylation is 1. The Morgan fingerprint density at radius 2 is 2.17 bits per heavy atom. The van der Waals surface area contributed by atoms with Gasteiger partial charge in [-0.3, -0.25) is 9.59 Å². The second-order valence-corrected chi connectivity index (χ2v) is 6.31. The zero-order chi connectivity index (χ0) is 17.5. The van der Waals surface area contributed by atoms with Crippen LogP contribution in [0.4, 0.5) is 0 Å². The van der Waals surface area contributed by atoms with Crippen LogP contribution < -0.4 is 4.74 Å². The highest BCUT2D eigenvalue weighted by Gasteiger charge is 2.29. The van der Waals surface area contributed by atoms with Crippen molar-refractivity contribution >= 4 is 23.5 Å². The normalized spacial score (nSPS) is 17.5. The highest BCUT2D eigenvalue weighted by molar-refractivity contribution is 6.32. The van der Waals surface area contributed by atoms with Gasteiger partial charge in [-0.1, -0.05) is 17.7 Å². The van der Waals surface area contributed by atoms with E-state index in [-0.39, 0.29) is 17.8 Å². The van der Waals surface area contributed by atoms with E-state index in [1.165, 1.54) is 0 Å². The van der Waals surface area contributed by atoms with E-state index in [0.29, 0.717) is 43.3 Å². The number of hydrogen-bond donors (Lipinski definition) is 0. The fourth-order valence-electron chi connectivity index (χ4n) is 2.93. The largest absolute Gasteiger partial charge is 0.495 e. The van der Waals surface area contributed by atoms with Gasteiger partial charge >= 0.3 is 5.97 Å². The van der Waals surface area contributed by atoms with E-state index >= 15 is 0 Å². The Kier molecular flexibility index (Phi) is 6.91. The Bertz CT molecular complexity index is 590. The molecule has 1 saturated heterocycles. The van der Waals surface area contributed by atoms with E-state index in [0.717, 1.165) is 18.4 Å². The number of ether oxygens (including phenoxy) is 2. The van der Waals surface area contributed by atoms with Crippen molar-refractivity contribution in [3.05, 3.63) is 28.8 Å². The van der Waals surface area contributed by atoms with Gasteiger partial charge in [0.1, 0.15) is 5.75 Å². The summed E-state index contributed by atoms with van der Waals surface area (Å²) in [6.45, 7) is 3.34. The van der Waals surface area contributed by atoms with Crippen LogP contribution in [-0.4, -0.2) is 43.6 Å². The lowest BCUT2D eigenvalue weighted by atomic mass is 9.97. The van der Waals surface area contributed by atoms with Crippen LogP contribution in [0.25, 0.3) is 0 Å². The van der Waals surface area contributed by atoms with Crippen LogP contribution in [0.2, 0.25) is 5.02 Å². The first-order valence-electron chi connectivity index (χ1n) is 8.32. The average Bonchev–Trinajstić information content (AvgIpc) is 2.60. The van der Waals surface area contributed by atoms with Crippen molar-refractivity contribution in [2.24, 2.45) is 5.92 Å². The lowest BCUT2D eigenvalue weighted by Crippen LogP contribution is -2.42. The van der Waals surface area contributed by atoms with Crippen LogP contribution in [0.3, 0.4) is 0 Å². The van der Waals surface area contributed by atoms with Crippen molar-refractivity contribution in [1.82, 2.24) is 4.90 Å². The lowest BCUT2D eigenvalue weighted by Gasteiger charge is -2.31. The molecule has 5 nitrogen and oxygen atoms in total. The first-order valence-corrected chi connectivity index (χ1v) is 8.69. The molecule has 0 radical (unpaired) electrons. The fraction of sp³-hybridized carbons (Fsp3) is 0.556. The number of likely N-dealkylation sites (tertiary alicyclic amines) is 1. The van der Waals surface area contributed by atoms with Gasteiger partial charge in [-0.2, -0.15) is 0 Å². The zero-order valence-corrected chi connectivity index (χ0v) is 15.0. The number of carbonyl (C=O) groups excluding carboxylic acids is 2. The number of esters is 1. The predicted molar refractivity (Wildman–Crippen MR) is 92.3 cm³/mol. The molecule has 0 aliphatic carbocycles. The van der Waals surface area contributed by atoms with Gasteiger partial charge in [0.05, 0.1) is 24.7 Å². The number of benzene rings is 1. The highest BCUT2D eigenvalue weighted by atomic mass is 35.5. The molecule has 1 aliphatic rings. The quantitative estimate of drug-likeness (QED) is 0.737. The predicted octanol–water partition coefficient (Wildman–Crippen LogP) is 3.08. The van der Waals surface area contributed by atoms with Crippen LogP contribution in [0.1, 0.15) is 31.7 Å². The lowest BCUT2D eigenvalue weighted by molar-refractivity contribution is -0.151. The van der Waals surface area contributed by atoms with Gasteiger partial charge in [0, 0.05) is 19.5 Å². The van der Waals surface area contributed by atoms with Crippen molar-refractivity contribution in [3.8, 4) is 5.75 Å². The minimum Gasteiger partial charge on any atom is -0.495 e. The van der Waals surface area contributed by atoms with Crippen LogP contribution in [-0.2, 0) is 20.7 Å². The van der Waals surface area contributed by atoms with Gasteiger partial charge < -0.3 is 14.4 Å². The maximum Gasteiger partial charge on any atom is 0.310 e. The number of carbonyl (C=O) groups is 2. The van der Waals surface area contributed by atoms with Crippen LogP contribution >= 0.6 is 11.6 Å². The minimum atomic E-state index is -0.197. The molecule has 24 heavy (non-hydrogen) atoms. The van der Waals surface area contributed by atoms with Gasteiger partial charge in [-0.05, 0) is 43.9 Å². The summed E-state index contributed by atoms with van der Waals surface area (Å²) < 4.78 is 10.2. The van der Waals surface area contributed by atoms with E-state index in [1.54, 1.807) is 25.0 Å². The minimum absolute atomic E-state index is 0.0657. The van der Waals surface area contributed by atoms with Crippen LogP contribution in [0.5, 0.6) is 5.75 Å². The van der Waals surface area contributed by atoms with Crippen molar-refractivity contribution in [2.45, 2.75) is 32.6 Å². The number of amides is 1. The topological polar surface area (TPSA) is 55.8 Å². The van der Waals surface area contributed by atoms with Gasteiger partial charge in [0.25, 0.3) is 0 Å². The van der Waals surface area contributed by atoms with E-state index in [2.05, 4.69) is 0 Å². The molecular weight excluding hydrogens is 330 g/mol. The highest BCUT2D eigenvalue weighted by Crippen LogP contribution is 2.26. The molecule has 1 heterocycles. The number of piperidine rings is 1. The molecule has 1 fully saturated rings. The summed E-state index contributed by atoms with van der Waals surface area (Å²) in [6.07, 6.45) is 2.64. The molecule has 1 atom stereocenters. The number of nitrogens with zero attached hydrogens (tertiary/aromatic N) is 1. The summed E-state index contributed by atoms with van der Waals surface area (Å²) in [5.41, 5.74) is 0.994. The molecular formula is C18H24ClNO4. The zero-order valence-electron chi connectivity index (χ0n) is 14.2. The van der Waals surface area contributed by atoms with Gasteiger partial charge in [0.2, 0.25) is 5.91 Å². The molecule has 0 N–H and O–H groups in total. The second-order valence-electron chi connectivity index (χ2n) is 5.90. The number of halogens is 1. The van der Waals surface area contributed by atoms with Crippen LogP contribution in [0.15, 0.2) is 18.2 Å². The SMILES string of the molecule is CCOC(=O)C1CCCN(C(=O)CCc2ccc(OC)c(Cl)c2)C1. The summed E-state index contributed by atoms with van der Waals surface area (Å²) in [7, 11) is 1.57. The molecule has 1 amide bonds. The molecule has 1 aromatic rings. The first kappa shape index (κ1) is 18.6. The van der Waals surface area contributed by atoms with Gasteiger partial charge in [0.15, 0.2) is 0 Å². The maximum atomic E-state index is 12.4.